The molecule has 126 valence electrons. The predicted octanol–water partition coefficient (Wildman–Crippen LogP) is 3.02. The minimum absolute atomic E-state index is 0.550. The maximum atomic E-state index is 6.04. The van der Waals surface area contributed by atoms with Gasteiger partial charge in [0.25, 0.3) is 0 Å². The molecule has 0 saturated carbocycles. The predicted molar refractivity (Wildman–Crippen MR) is 98.0 cm³/mol. The molecule has 0 atom stereocenters. The van der Waals surface area contributed by atoms with E-state index < -0.39 is 0 Å². The lowest BCUT2D eigenvalue weighted by Gasteiger charge is -2.30. The van der Waals surface area contributed by atoms with Gasteiger partial charge in [0.2, 0.25) is 0 Å². The van der Waals surface area contributed by atoms with E-state index in [-0.39, 0.29) is 0 Å². The monoisotopic (exact) mass is 314 g/mol. The summed E-state index contributed by atoms with van der Waals surface area (Å²) >= 11 is 0. The Morgan fingerprint density at radius 2 is 2.04 bits per heavy atom. The minimum Gasteiger partial charge on any atom is -0.370 e. The van der Waals surface area contributed by atoms with Crippen LogP contribution < -0.4 is 11.1 Å². The molecule has 2 aliphatic rings. The molecule has 1 aromatic carbocycles. The summed E-state index contributed by atoms with van der Waals surface area (Å²) < 4.78 is 0. The molecular formula is C19H30N4. The van der Waals surface area contributed by atoms with Gasteiger partial charge in [-0.1, -0.05) is 13.0 Å². The van der Waals surface area contributed by atoms with E-state index in [9.17, 15) is 0 Å². The van der Waals surface area contributed by atoms with Crippen LogP contribution in [-0.2, 0) is 12.8 Å². The second kappa shape index (κ2) is 7.82. The minimum atomic E-state index is 0.550. The lowest BCUT2D eigenvalue weighted by atomic mass is 9.94. The molecule has 1 fully saturated rings. The molecule has 4 nitrogen and oxygen atoms in total. The molecule has 1 aliphatic heterocycles. The number of aliphatic imine (C=N–C) groups is 1. The summed E-state index contributed by atoms with van der Waals surface area (Å²) in [6, 6.07) is 6.57. The maximum Gasteiger partial charge on any atom is 0.193 e. The number of nitrogens with two attached hydrogens (primary N) is 1. The highest BCUT2D eigenvalue weighted by molar-refractivity contribution is 5.92. The topological polar surface area (TPSA) is 53.6 Å². The van der Waals surface area contributed by atoms with E-state index in [2.05, 4.69) is 40.3 Å². The number of fused-ring (bicyclic) bond motifs is 1. The van der Waals surface area contributed by atoms with Gasteiger partial charge in [-0.15, -0.1) is 0 Å². The van der Waals surface area contributed by atoms with Crippen molar-refractivity contribution in [1.29, 1.82) is 0 Å². The zero-order valence-corrected chi connectivity index (χ0v) is 14.4. The zero-order valence-electron chi connectivity index (χ0n) is 14.4. The van der Waals surface area contributed by atoms with E-state index in [1.54, 1.807) is 0 Å². The number of hydrogen-bond acceptors (Lipinski definition) is 2. The normalized spacial score (nSPS) is 19.8. The van der Waals surface area contributed by atoms with Crippen molar-refractivity contribution in [1.82, 2.24) is 4.90 Å². The fourth-order valence-electron chi connectivity index (χ4n) is 3.80. The lowest BCUT2D eigenvalue weighted by molar-refractivity contribution is 0.188. The maximum absolute atomic E-state index is 6.04. The highest BCUT2D eigenvalue weighted by Crippen LogP contribution is 2.25. The molecular weight excluding hydrogens is 284 g/mol. The Bertz CT molecular complexity index is 544. The van der Waals surface area contributed by atoms with Crippen LogP contribution in [0.2, 0.25) is 0 Å². The van der Waals surface area contributed by atoms with Crippen molar-refractivity contribution >= 4 is 11.6 Å². The van der Waals surface area contributed by atoms with Crippen molar-refractivity contribution in [2.75, 3.05) is 31.5 Å². The number of aryl methyl sites for hydroxylation is 2. The van der Waals surface area contributed by atoms with Crippen LogP contribution in [0.15, 0.2) is 23.2 Å². The molecule has 3 N–H and O–H groups in total. The summed E-state index contributed by atoms with van der Waals surface area (Å²) in [6.45, 7) is 6.75. The number of hydrogen-bond donors (Lipinski definition) is 2. The first kappa shape index (κ1) is 16.3. The molecule has 0 aromatic heterocycles. The van der Waals surface area contributed by atoms with Crippen molar-refractivity contribution < 1.29 is 0 Å². The fourth-order valence-corrected chi connectivity index (χ4v) is 3.80. The lowest BCUT2D eigenvalue weighted by Crippen LogP contribution is -2.33. The number of piperidine rings is 1. The second-order valence-electron chi connectivity index (χ2n) is 6.90. The molecule has 0 radical (unpaired) electrons. The first-order valence-electron chi connectivity index (χ1n) is 9.15. The molecule has 0 bridgehead atoms. The van der Waals surface area contributed by atoms with Crippen molar-refractivity contribution in [3.8, 4) is 0 Å². The Balaban J connectivity index is 1.43. The summed E-state index contributed by atoms with van der Waals surface area (Å²) in [4.78, 5) is 7.05. The Hall–Kier alpha value is -1.55. The molecule has 0 unspecified atom stereocenters. The first-order chi connectivity index (χ1) is 11.2. The third-order valence-corrected chi connectivity index (χ3v) is 5.34. The SMILES string of the molecule is CCN1CCC(CCN=C(N)Nc2ccc3c(c2)CCC3)CC1. The van der Waals surface area contributed by atoms with E-state index in [1.165, 1.54) is 62.9 Å². The Morgan fingerprint density at radius 3 is 2.83 bits per heavy atom. The first-order valence-corrected chi connectivity index (χ1v) is 9.15. The molecule has 23 heavy (non-hydrogen) atoms. The average Bonchev–Trinajstić information content (AvgIpc) is 3.03. The van der Waals surface area contributed by atoms with Crippen molar-refractivity contribution in [2.45, 2.75) is 45.4 Å². The molecule has 1 heterocycles. The van der Waals surface area contributed by atoms with Crippen molar-refractivity contribution in [3.63, 3.8) is 0 Å². The summed E-state index contributed by atoms with van der Waals surface area (Å²) in [7, 11) is 0. The Kier molecular flexibility index (Phi) is 5.55. The summed E-state index contributed by atoms with van der Waals surface area (Å²) in [5.74, 6) is 1.36. The Morgan fingerprint density at radius 1 is 1.26 bits per heavy atom. The van der Waals surface area contributed by atoms with Crippen LogP contribution >= 0.6 is 0 Å². The van der Waals surface area contributed by atoms with E-state index in [0.29, 0.717) is 5.96 Å². The molecule has 1 aromatic rings. The molecule has 0 amide bonds. The van der Waals surface area contributed by atoms with E-state index in [4.69, 9.17) is 5.73 Å². The summed E-state index contributed by atoms with van der Waals surface area (Å²) in [5, 5.41) is 3.25. The van der Waals surface area contributed by atoms with Crippen LogP contribution in [0.25, 0.3) is 0 Å². The van der Waals surface area contributed by atoms with Gasteiger partial charge < -0.3 is 16.0 Å². The highest BCUT2D eigenvalue weighted by atomic mass is 15.1. The molecule has 1 aliphatic carbocycles. The number of benzene rings is 1. The molecule has 0 spiro atoms. The van der Waals surface area contributed by atoms with E-state index in [1.807, 2.05) is 0 Å². The zero-order chi connectivity index (χ0) is 16.1. The highest BCUT2D eigenvalue weighted by Gasteiger charge is 2.17. The third kappa shape index (κ3) is 4.47. The number of anilines is 1. The van der Waals surface area contributed by atoms with Crippen molar-refractivity contribution in [2.24, 2.45) is 16.6 Å². The van der Waals surface area contributed by atoms with E-state index in [0.717, 1.165) is 24.6 Å². The van der Waals surface area contributed by atoms with Gasteiger partial charge in [0.15, 0.2) is 5.96 Å². The van der Waals surface area contributed by atoms with Gasteiger partial charge in [-0.3, -0.25) is 4.99 Å². The Labute approximate surface area is 140 Å². The van der Waals surface area contributed by atoms with Crippen LogP contribution in [0.3, 0.4) is 0 Å². The van der Waals surface area contributed by atoms with Gasteiger partial charge in [0, 0.05) is 12.2 Å². The molecule has 3 rings (SSSR count). The number of likely N-dealkylation sites (tertiary alicyclic amines) is 1. The van der Waals surface area contributed by atoms with Gasteiger partial charge >= 0.3 is 0 Å². The molecule has 1 saturated heterocycles. The van der Waals surface area contributed by atoms with Crippen LogP contribution in [0, 0.1) is 5.92 Å². The average molecular weight is 314 g/mol. The second-order valence-corrected chi connectivity index (χ2v) is 6.90. The van der Waals surface area contributed by atoms with Crippen LogP contribution in [0.4, 0.5) is 5.69 Å². The quantitative estimate of drug-likeness (QED) is 0.649. The summed E-state index contributed by atoms with van der Waals surface area (Å²) in [6.07, 6.45) is 7.46. The standard InChI is InChI=1S/C19H30N4/c1-2-23-12-9-15(10-13-23)8-11-21-19(20)22-18-7-6-16-4-3-5-17(16)14-18/h6-7,14-15H,2-5,8-13H2,1H3,(H3,20,21,22). The summed E-state index contributed by atoms with van der Waals surface area (Å²) in [5.41, 5.74) is 10.1. The van der Waals surface area contributed by atoms with E-state index >= 15 is 0 Å². The number of guanidine groups is 1. The van der Waals surface area contributed by atoms with Crippen molar-refractivity contribution in [3.05, 3.63) is 29.3 Å². The smallest absolute Gasteiger partial charge is 0.193 e. The fraction of sp³-hybridized carbons (Fsp3) is 0.632. The number of nitrogens with zero attached hydrogens (tertiary/aromatic N) is 2. The molecule has 4 heteroatoms. The van der Waals surface area contributed by atoms with Gasteiger partial charge in [-0.25, -0.2) is 0 Å². The third-order valence-electron chi connectivity index (χ3n) is 5.34. The van der Waals surface area contributed by atoms with Gasteiger partial charge in [0.1, 0.15) is 0 Å². The number of rotatable bonds is 5. The van der Waals surface area contributed by atoms with Gasteiger partial charge in [-0.2, -0.15) is 0 Å². The van der Waals surface area contributed by atoms with Crippen LogP contribution in [0.1, 0.15) is 43.7 Å². The van der Waals surface area contributed by atoms with Gasteiger partial charge in [0.05, 0.1) is 0 Å². The number of nitrogens with one attached hydrogen (secondary N) is 1. The van der Waals surface area contributed by atoms with Crippen LogP contribution in [0.5, 0.6) is 0 Å². The largest absolute Gasteiger partial charge is 0.370 e. The van der Waals surface area contributed by atoms with Gasteiger partial charge in [-0.05, 0) is 87.3 Å². The van der Waals surface area contributed by atoms with Crippen LogP contribution in [-0.4, -0.2) is 37.0 Å².